The molecule has 2 heteroatoms. The zero-order valence-electron chi connectivity index (χ0n) is 12.1. The van der Waals surface area contributed by atoms with E-state index in [0.29, 0.717) is 0 Å². The van der Waals surface area contributed by atoms with Gasteiger partial charge in [-0.25, -0.2) is 0 Å². The van der Waals surface area contributed by atoms with Crippen molar-refractivity contribution in [2.75, 3.05) is 13.6 Å². The highest BCUT2D eigenvalue weighted by atomic mass is 16.3. The third-order valence-electron chi connectivity index (χ3n) is 4.80. The number of rotatable bonds is 3. The van der Waals surface area contributed by atoms with Crippen molar-refractivity contribution in [1.82, 2.24) is 5.32 Å². The van der Waals surface area contributed by atoms with E-state index >= 15 is 0 Å². The molecule has 2 aromatic carbocycles. The van der Waals surface area contributed by atoms with Crippen molar-refractivity contribution in [2.45, 2.75) is 37.2 Å². The van der Waals surface area contributed by atoms with Crippen LogP contribution in [-0.2, 0) is 5.41 Å². The lowest BCUT2D eigenvalue weighted by atomic mass is 9.67. The van der Waals surface area contributed by atoms with Gasteiger partial charge < -0.3 is 10.4 Å². The summed E-state index contributed by atoms with van der Waals surface area (Å²) in [7, 11) is 1.98. The molecule has 0 radical (unpaired) electrons. The van der Waals surface area contributed by atoms with E-state index in [-0.39, 0.29) is 11.5 Å². The maximum atomic E-state index is 10.6. The van der Waals surface area contributed by atoms with E-state index in [2.05, 4.69) is 47.8 Å². The van der Waals surface area contributed by atoms with Gasteiger partial charge in [-0.1, -0.05) is 55.3 Å². The Kier molecular flexibility index (Phi) is 3.77. The van der Waals surface area contributed by atoms with Gasteiger partial charge in [0.1, 0.15) is 0 Å². The van der Waals surface area contributed by atoms with Gasteiger partial charge in [0.25, 0.3) is 0 Å². The fraction of sp³-hybridized carbons (Fsp3) is 0.444. The van der Waals surface area contributed by atoms with Gasteiger partial charge in [-0.3, -0.25) is 0 Å². The SMILES string of the molecule is CNCC1(c2ccc3ccccc3c2)CCCCC1O. The average molecular weight is 269 g/mol. The molecule has 1 saturated carbocycles. The number of aliphatic hydroxyl groups is 1. The Morgan fingerprint density at radius 2 is 1.95 bits per heavy atom. The topological polar surface area (TPSA) is 32.3 Å². The molecule has 0 bridgehead atoms. The van der Waals surface area contributed by atoms with Gasteiger partial charge in [0.15, 0.2) is 0 Å². The summed E-state index contributed by atoms with van der Waals surface area (Å²) >= 11 is 0. The van der Waals surface area contributed by atoms with Crippen molar-refractivity contribution in [2.24, 2.45) is 0 Å². The molecule has 1 aliphatic rings. The quantitative estimate of drug-likeness (QED) is 0.896. The highest BCUT2D eigenvalue weighted by molar-refractivity contribution is 5.83. The van der Waals surface area contributed by atoms with Crippen molar-refractivity contribution >= 4 is 10.8 Å². The lowest BCUT2D eigenvalue weighted by Gasteiger charge is -2.42. The number of fused-ring (bicyclic) bond motifs is 1. The molecule has 0 aliphatic heterocycles. The van der Waals surface area contributed by atoms with Gasteiger partial charge in [-0.15, -0.1) is 0 Å². The minimum Gasteiger partial charge on any atom is -0.392 e. The Hall–Kier alpha value is -1.38. The Morgan fingerprint density at radius 3 is 2.70 bits per heavy atom. The molecule has 2 nitrogen and oxygen atoms in total. The summed E-state index contributed by atoms with van der Waals surface area (Å²) in [4.78, 5) is 0. The highest BCUT2D eigenvalue weighted by Crippen LogP contribution is 2.40. The van der Waals surface area contributed by atoms with Crippen LogP contribution in [0.3, 0.4) is 0 Å². The van der Waals surface area contributed by atoms with Crippen LogP contribution < -0.4 is 5.32 Å². The third-order valence-corrected chi connectivity index (χ3v) is 4.80. The maximum Gasteiger partial charge on any atom is 0.0649 e. The van der Waals surface area contributed by atoms with E-state index in [0.717, 1.165) is 25.8 Å². The standard InChI is InChI=1S/C18H23NO/c1-19-13-18(11-5-4-8-17(18)20)16-10-9-14-6-2-3-7-15(14)12-16/h2-3,6-7,9-10,12,17,19-20H,4-5,8,11,13H2,1H3. The average Bonchev–Trinajstić information content (AvgIpc) is 2.49. The molecule has 3 rings (SSSR count). The molecule has 2 unspecified atom stereocenters. The van der Waals surface area contributed by atoms with Gasteiger partial charge in [-0.05, 0) is 36.2 Å². The molecule has 1 fully saturated rings. The first kappa shape index (κ1) is 13.6. The van der Waals surface area contributed by atoms with Crippen LogP contribution in [0.25, 0.3) is 10.8 Å². The molecular formula is C18H23NO. The predicted molar refractivity (Wildman–Crippen MR) is 84.0 cm³/mol. The molecule has 2 N–H and O–H groups in total. The number of aliphatic hydroxyl groups excluding tert-OH is 1. The highest BCUT2D eigenvalue weighted by Gasteiger charge is 2.40. The Labute approximate surface area is 120 Å². The third kappa shape index (κ3) is 2.23. The van der Waals surface area contributed by atoms with Gasteiger partial charge in [0, 0.05) is 12.0 Å². The van der Waals surface area contributed by atoms with Crippen LogP contribution in [-0.4, -0.2) is 24.8 Å². The van der Waals surface area contributed by atoms with Crippen molar-refractivity contribution < 1.29 is 5.11 Å². The van der Waals surface area contributed by atoms with E-state index in [1.165, 1.54) is 22.8 Å². The van der Waals surface area contributed by atoms with E-state index in [1.54, 1.807) is 0 Å². The first-order valence-electron chi connectivity index (χ1n) is 7.58. The number of hydrogen-bond donors (Lipinski definition) is 2. The predicted octanol–water partition coefficient (Wildman–Crippen LogP) is 3.23. The van der Waals surface area contributed by atoms with Crippen LogP contribution in [0, 0.1) is 0 Å². The van der Waals surface area contributed by atoms with Gasteiger partial charge in [0.05, 0.1) is 6.10 Å². The van der Waals surface area contributed by atoms with Crippen LogP contribution in [0.15, 0.2) is 42.5 Å². The molecule has 2 aromatic rings. The molecule has 0 saturated heterocycles. The largest absolute Gasteiger partial charge is 0.392 e. The minimum atomic E-state index is -0.245. The second-order valence-electron chi connectivity index (χ2n) is 6.01. The number of likely N-dealkylation sites (N-methyl/N-ethyl adjacent to an activating group) is 1. The first-order valence-corrected chi connectivity index (χ1v) is 7.58. The Balaban J connectivity index is 2.08. The molecule has 106 valence electrons. The van der Waals surface area contributed by atoms with Crippen molar-refractivity contribution in [3.8, 4) is 0 Å². The van der Waals surface area contributed by atoms with Gasteiger partial charge in [0.2, 0.25) is 0 Å². The first-order chi connectivity index (χ1) is 9.76. The molecule has 1 aliphatic carbocycles. The fourth-order valence-corrected chi connectivity index (χ4v) is 3.68. The summed E-state index contributed by atoms with van der Waals surface area (Å²) in [6.45, 7) is 0.840. The lowest BCUT2D eigenvalue weighted by molar-refractivity contribution is 0.0425. The molecule has 20 heavy (non-hydrogen) atoms. The number of benzene rings is 2. The molecule has 0 spiro atoms. The zero-order chi connectivity index (χ0) is 14.0. The summed E-state index contributed by atoms with van der Waals surface area (Å²) in [5.74, 6) is 0. The van der Waals surface area contributed by atoms with E-state index in [4.69, 9.17) is 0 Å². The molecule has 2 atom stereocenters. The zero-order valence-corrected chi connectivity index (χ0v) is 12.1. The van der Waals surface area contributed by atoms with E-state index in [9.17, 15) is 5.11 Å². The Bertz CT molecular complexity index is 591. The minimum absolute atomic E-state index is 0.128. The normalized spacial score (nSPS) is 26.8. The molecule has 0 aromatic heterocycles. The van der Waals surface area contributed by atoms with Crippen LogP contribution in [0.4, 0.5) is 0 Å². The summed E-state index contributed by atoms with van der Waals surface area (Å²) in [6, 6.07) is 15.1. The smallest absolute Gasteiger partial charge is 0.0649 e. The molecule has 0 heterocycles. The van der Waals surface area contributed by atoms with Crippen LogP contribution in [0.5, 0.6) is 0 Å². The van der Waals surface area contributed by atoms with Crippen LogP contribution in [0.2, 0.25) is 0 Å². The second kappa shape index (κ2) is 5.55. The van der Waals surface area contributed by atoms with Crippen molar-refractivity contribution in [3.63, 3.8) is 0 Å². The molecule has 0 amide bonds. The monoisotopic (exact) mass is 269 g/mol. The maximum absolute atomic E-state index is 10.6. The number of nitrogens with one attached hydrogen (secondary N) is 1. The lowest BCUT2D eigenvalue weighted by Crippen LogP contribution is -2.48. The van der Waals surface area contributed by atoms with Crippen molar-refractivity contribution in [1.29, 1.82) is 0 Å². The van der Waals surface area contributed by atoms with Crippen LogP contribution in [0.1, 0.15) is 31.2 Å². The van der Waals surface area contributed by atoms with E-state index < -0.39 is 0 Å². The second-order valence-corrected chi connectivity index (χ2v) is 6.01. The number of hydrogen-bond acceptors (Lipinski definition) is 2. The fourth-order valence-electron chi connectivity index (χ4n) is 3.68. The van der Waals surface area contributed by atoms with Gasteiger partial charge in [-0.2, -0.15) is 0 Å². The van der Waals surface area contributed by atoms with E-state index in [1.807, 2.05) is 7.05 Å². The Morgan fingerprint density at radius 1 is 1.15 bits per heavy atom. The summed E-state index contributed by atoms with van der Waals surface area (Å²) < 4.78 is 0. The summed E-state index contributed by atoms with van der Waals surface area (Å²) in [5.41, 5.74) is 1.15. The van der Waals surface area contributed by atoms with Gasteiger partial charge >= 0.3 is 0 Å². The molecular weight excluding hydrogens is 246 g/mol. The van der Waals surface area contributed by atoms with Crippen LogP contribution >= 0.6 is 0 Å². The summed E-state index contributed by atoms with van der Waals surface area (Å²) in [6.07, 6.45) is 4.07. The summed E-state index contributed by atoms with van der Waals surface area (Å²) in [5, 5.41) is 16.5. The van der Waals surface area contributed by atoms with Crippen molar-refractivity contribution in [3.05, 3.63) is 48.0 Å².